The van der Waals surface area contributed by atoms with E-state index in [0.717, 1.165) is 25.7 Å². The Morgan fingerprint density at radius 1 is 0.750 bits per heavy atom. The van der Waals surface area contributed by atoms with Gasteiger partial charge in [0.1, 0.15) is 6.10 Å². The normalized spacial score (nSPS) is 14.1. The van der Waals surface area contributed by atoms with E-state index in [-0.39, 0.29) is 12.1 Å². The van der Waals surface area contributed by atoms with Crippen LogP contribution in [0.5, 0.6) is 0 Å². The van der Waals surface area contributed by atoms with Gasteiger partial charge in [0.25, 0.3) is 0 Å². The van der Waals surface area contributed by atoms with Gasteiger partial charge in [0, 0.05) is 11.1 Å². The number of carboxylic acid groups (broad SMARTS) is 1. The standard InChI is InChI=1S/C22H42O2.C10H16O2/c1-3-4-5-6-7-8-9-10-11-12-13-14-15-16-17-18-19-20-21(2)22(23)24;1-8(2)10(11)12-9-6-4-3-5-7-9/h20H,3-19H2,1-2H3,(H,23,24);9H,1,3-7H2,2H3. The van der Waals surface area contributed by atoms with Gasteiger partial charge in [-0.1, -0.05) is 122 Å². The van der Waals surface area contributed by atoms with Crippen LogP contribution < -0.4 is 0 Å². The molecule has 0 radical (unpaired) electrons. The minimum Gasteiger partial charge on any atom is -0.478 e. The summed E-state index contributed by atoms with van der Waals surface area (Å²) in [5.41, 5.74) is 0.983. The third-order valence-electron chi connectivity index (χ3n) is 7.02. The Kier molecular flexibility index (Phi) is 24.0. The van der Waals surface area contributed by atoms with Crippen molar-refractivity contribution in [2.24, 2.45) is 0 Å². The summed E-state index contributed by atoms with van der Waals surface area (Å²) in [6, 6.07) is 0. The third-order valence-corrected chi connectivity index (χ3v) is 7.02. The van der Waals surface area contributed by atoms with Crippen molar-refractivity contribution in [2.45, 2.75) is 168 Å². The van der Waals surface area contributed by atoms with Crippen LogP contribution in [0.3, 0.4) is 0 Å². The van der Waals surface area contributed by atoms with E-state index in [9.17, 15) is 9.59 Å². The lowest BCUT2D eigenvalue weighted by molar-refractivity contribution is -0.145. The molecule has 0 aromatic heterocycles. The van der Waals surface area contributed by atoms with Crippen LogP contribution >= 0.6 is 0 Å². The van der Waals surface area contributed by atoms with E-state index >= 15 is 0 Å². The van der Waals surface area contributed by atoms with Crippen molar-refractivity contribution in [3.05, 3.63) is 23.8 Å². The van der Waals surface area contributed by atoms with Crippen LogP contribution in [0.4, 0.5) is 0 Å². The summed E-state index contributed by atoms with van der Waals surface area (Å²) in [7, 11) is 0. The second-order valence-electron chi connectivity index (χ2n) is 10.7. The van der Waals surface area contributed by atoms with Crippen LogP contribution in [0, 0.1) is 0 Å². The van der Waals surface area contributed by atoms with Gasteiger partial charge in [0.05, 0.1) is 0 Å². The van der Waals surface area contributed by atoms with Gasteiger partial charge < -0.3 is 9.84 Å². The zero-order chi connectivity index (χ0) is 26.9. The first-order valence-corrected chi connectivity index (χ1v) is 15.1. The average molecular weight is 507 g/mol. The van der Waals surface area contributed by atoms with Gasteiger partial charge in [-0.2, -0.15) is 0 Å². The topological polar surface area (TPSA) is 63.6 Å². The van der Waals surface area contributed by atoms with Crippen LogP contribution in [-0.2, 0) is 14.3 Å². The Labute approximate surface area is 223 Å². The number of rotatable bonds is 20. The number of carbonyl (C=O) groups is 2. The second-order valence-corrected chi connectivity index (χ2v) is 10.7. The number of carboxylic acids is 1. The highest BCUT2D eigenvalue weighted by molar-refractivity contribution is 5.87. The number of allylic oxidation sites excluding steroid dienone is 1. The van der Waals surface area contributed by atoms with Crippen molar-refractivity contribution in [1.29, 1.82) is 0 Å². The summed E-state index contributed by atoms with van der Waals surface area (Å²) in [5, 5.41) is 8.75. The number of carbonyl (C=O) groups excluding carboxylic acids is 1. The van der Waals surface area contributed by atoms with E-state index in [1.165, 1.54) is 116 Å². The predicted octanol–water partition coefficient (Wildman–Crippen LogP) is 10.1. The SMILES string of the molecule is C=C(C)C(=O)OC1CCCCC1.CCCCCCCCCCCCCCCCCCC=C(C)C(=O)O. The Hall–Kier alpha value is -1.58. The molecule has 0 aliphatic heterocycles. The lowest BCUT2D eigenvalue weighted by atomic mass is 9.98. The average Bonchev–Trinajstić information content (AvgIpc) is 2.86. The zero-order valence-electron chi connectivity index (χ0n) is 24.1. The van der Waals surface area contributed by atoms with Crippen LogP contribution in [0.15, 0.2) is 23.8 Å². The maximum atomic E-state index is 11.1. The van der Waals surface area contributed by atoms with Crippen molar-refractivity contribution >= 4 is 11.9 Å². The Morgan fingerprint density at radius 2 is 1.17 bits per heavy atom. The van der Waals surface area contributed by atoms with Crippen LogP contribution in [0.1, 0.15) is 162 Å². The van der Waals surface area contributed by atoms with Gasteiger partial charge in [0.15, 0.2) is 0 Å². The fourth-order valence-electron chi connectivity index (χ4n) is 4.53. The van der Waals surface area contributed by atoms with Gasteiger partial charge in [-0.3, -0.25) is 0 Å². The molecule has 1 saturated carbocycles. The molecule has 1 rings (SSSR count). The van der Waals surface area contributed by atoms with E-state index in [1.807, 2.05) is 6.08 Å². The van der Waals surface area contributed by atoms with Crippen molar-refractivity contribution in [2.75, 3.05) is 0 Å². The highest BCUT2D eigenvalue weighted by atomic mass is 16.5. The predicted molar refractivity (Wildman–Crippen MR) is 153 cm³/mol. The van der Waals surface area contributed by atoms with Gasteiger partial charge in [-0.15, -0.1) is 0 Å². The van der Waals surface area contributed by atoms with E-state index in [4.69, 9.17) is 9.84 Å². The maximum Gasteiger partial charge on any atom is 0.333 e. The molecule has 4 heteroatoms. The molecule has 0 spiro atoms. The Bertz CT molecular complexity index is 587. The van der Waals surface area contributed by atoms with E-state index in [1.54, 1.807) is 13.8 Å². The molecule has 1 fully saturated rings. The minimum atomic E-state index is -0.786. The monoisotopic (exact) mass is 506 g/mol. The summed E-state index contributed by atoms with van der Waals surface area (Å²) in [6.07, 6.45) is 30.7. The highest BCUT2D eigenvalue weighted by Gasteiger charge is 2.17. The molecule has 36 heavy (non-hydrogen) atoms. The van der Waals surface area contributed by atoms with Crippen LogP contribution in [-0.4, -0.2) is 23.1 Å². The molecule has 0 amide bonds. The summed E-state index contributed by atoms with van der Waals surface area (Å²) < 4.78 is 5.21. The fraction of sp³-hybridized carbons (Fsp3) is 0.812. The molecule has 1 aliphatic carbocycles. The number of aliphatic carboxylic acids is 1. The largest absolute Gasteiger partial charge is 0.478 e. The summed E-state index contributed by atoms with van der Waals surface area (Å²) in [6.45, 7) is 9.19. The number of hydrogen-bond acceptors (Lipinski definition) is 3. The smallest absolute Gasteiger partial charge is 0.333 e. The van der Waals surface area contributed by atoms with Gasteiger partial charge in [0.2, 0.25) is 0 Å². The second kappa shape index (κ2) is 25.1. The molecule has 4 nitrogen and oxygen atoms in total. The Balaban J connectivity index is 0.000000846. The van der Waals surface area contributed by atoms with E-state index in [0.29, 0.717) is 11.1 Å². The maximum absolute atomic E-state index is 11.1. The van der Waals surface area contributed by atoms with E-state index < -0.39 is 5.97 Å². The number of unbranched alkanes of at least 4 members (excludes halogenated alkanes) is 16. The van der Waals surface area contributed by atoms with E-state index in [2.05, 4.69) is 13.5 Å². The highest BCUT2D eigenvalue weighted by Crippen LogP contribution is 2.21. The molecule has 0 atom stereocenters. The zero-order valence-corrected chi connectivity index (χ0v) is 24.1. The Morgan fingerprint density at radius 3 is 1.56 bits per heavy atom. The van der Waals surface area contributed by atoms with Gasteiger partial charge in [-0.25, -0.2) is 9.59 Å². The molecule has 0 unspecified atom stereocenters. The van der Waals surface area contributed by atoms with Crippen molar-refractivity contribution in [3.8, 4) is 0 Å². The fourth-order valence-corrected chi connectivity index (χ4v) is 4.53. The molecule has 1 aliphatic rings. The first-order valence-electron chi connectivity index (χ1n) is 15.1. The number of hydrogen-bond donors (Lipinski definition) is 1. The quantitative estimate of drug-likeness (QED) is 0.101. The van der Waals surface area contributed by atoms with Gasteiger partial charge >= 0.3 is 11.9 Å². The molecule has 0 bridgehead atoms. The molecule has 1 N–H and O–H groups in total. The van der Waals surface area contributed by atoms with Gasteiger partial charge in [-0.05, 0) is 52.4 Å². The number of ether oxygens (including phenoxy) is 1. The van der Waals surface area contributed by atoms with Crippen molar-refractivity contribution in [3.63, 3.8) is 0 Å². The summed E-state index contributed by atoms with van der Waals surface area (Å²) in [4.78, 5) is 21.7. The summed E-state index contributed by atoms with van der Waals surface area (Å²) >= 11 is 0. The molecule has 0 aromatic carbocycles. The molecular formula is C32H58O4. The lowest BCUT2D eigenvalue weighted by Gasteiger charge is -2.21. The molecular weight excluding hydrogens is 448 g/mol. The molecule has 0 aromatic rings. The molecule has 0 saturated heterocycles. The van der Waals surface area contributed by atoms with Crippen LogP contribution in [0.25, 0.3) is 0 Å². The summed E-state index contributed by atoms with van der Waals surface area (Å²) in [5.74, 6) is -1.02. The van der Waals surface area contributed by atoms with Crippen molar-refractivity contribution in [1.82, 2.24) is 0 Å². The minimum absolute atomic E-state index is 0.156. The third kappa shape index (κ3) is 22.9. The first kappa shape index (κ1) is 34.4. The lowest BCUT2D eigenvalue weighted by Crippen LogP contribution is -2.20. The molecule has 0 heterocycles. The van der Waals surface area contributed by atoms with Crippen molar-refractivity contribution < 1.29 is 19.4 Å². The first-order chi connectivity index (χ1) is 17.4. The van der Waals surface area contributed by atoms with Crippen LogP contribution in [0.2, 0.25) is 0 Å². The number of esters is 1. The molecule has 210 valence electrons.